The lowest BCUT2D eigenvalue weighted by molar-refractivity contribution is -0.137. The van der Waals surface area contributed by atoms with Gasteiger partial charge in [0.1, 0.15) is 5.03 Å². The normalized spacial score (nSPS) is 10.5. The third kappa shape index (κ3) is 3.30. The Labute approximate surface area is 120 Å². The van der Waals surface area contributed by atoms with Crippen LogP contribution in [-0.4, -0.2) is 28.6 Å². The molecular formula is C13H13ClN2O2S. The van der Waals surface area contributed by atoms with Crippen molar-refractivity contribution in [1.29, 1.82) is 0 Å². The van der Waals surface area contributed by atoms with Crippen molar-refractivity contribution < 1.29 is 9.53 Å². The van der Waals surface area contributed by atoms with E-state index in [1.165, 1.54) is 18.9 Å². The molecule has 0 unspecified atom stereocenters. The van der Waals surface area contributed by atoms with E-state index >= 15 is 0 Å². The number of benzene rings is 1. The molecule has 2 aromatic rings. The fourth-order valence-corrected chi connectivity index (χ4v) is 2.68. The van der Waals surface area contributed by atoms with Crippen LogP contribution < -0.4 is 0 Å². The predicted octanol–water partition coefficient (Wildman–Crippen LogP) is 3.10. The second kappa shape index (κ2) is 6.12. The van der Waals surface area contributed by atoms with Gasteiger partial charge in [-0.25, -0.2) is 4.68 Å². The fraction of sp³-hybridized carbons (Fsp3) is 0.231. The molecule has 1 aromatic heterocycles. The minimum Gasteiger partial charge on any atom is -0.468 e. The lowest BCUT2D eigenvalue weighted by Crippen LogP contribution is -2.05. The number of carbonyl (C=O) groups excluding carboxylic acids is 1. The summed E-state index contributed by atoms with van der Waals surface area (Å²) in [5, 5.41) is 5.71. The Morgan fingerprint density at radius 1 is 1.47 bits per heavy atom. The number of aromatic nitrogens is 2. The number of rotatable bonds is 4. The molecule has 0 amide bonds. The van der Waals surface area contributed by atoms with Gasteiger partial charge in [-0.2, -0.15) is 5.10 Å². The molecule has 0 aliphatic rings. The van der Waals surface area contributed by atoms with Gasteiger partial charge in [0.2, 0.25) is 0 Å². The molecule has 0 aliphatic carbocycles. The van der Waals surface area contributed by atoms with Crippen LogP contribution in [-0.2, 0) is 9.53 Å². The lowest BCUT2D eigenvalue weighted by Gasteiger charge is -2.09. The zero-order valence-electron chi connectivity index (χ0n) is 10.6. The molecule has 1 aromatic carbocycles. The van der Waals surface area contributed by atoms with E-state index in [2.05, 4.69) is 9.84 Å². The molecule has 4 nitrogen and oxygen atoms in total. The molecule has 0 fully saturated rings. The number of carbonyl (C=O) groups is 1. The zero-order chi connectivity index (χ0) is 13.8. The molecule has 0 saturated carbocycles. The maximum Gasteiger partial charge on any atom is 0.316 e. The molecule has 2 rings (SSSR count). The van der Waals surface area contributed by atoms with Gasteiger partial charge in [-0.05, 0) is 30.7 Å². The molecule has 6 heteroatoms. The average molecular weight is 297 g/mol. The maximum absolute atomic E-state index is 11.2. The molecule has 0 atom stereocenters. The molecule has 0 saturated heterocycles. The van der Waals surface area contributed by atoms with E-state index in [9.17, 15) is 4.79 Å². The average Bonchev–Trinajstić information content (AvgIpc) is 2.84. The highest BCUT2D eigenvalue weighted by Crippen LogP contribution is 2.26. The summed E-state index contributed by atoms with van der Waals surface area (Å²) in [6, 6.07) is 7.60. The van der Waals surface area contributed by atoms with Gasteiger partial charge in [0.15, 0.2) is 0 Å². The van der Waals surface area contributed by atoms with Gasteiger partial charge in [0.25, 0.3) is 0 Å². The summed E-state index contributed by atoms with van der Waals surface area (Å²) in [6.07, 6.45) is 1.68. The number of halogens is 1. The molecule has 0 spiro atoms. The number of esters is 1. The number of hydrogen-bond donors (Lipinski definition) is 0. The Hall–Kier alpha value is -1.46. The summed E-state index contributed by atoms with van der Waals surface area (Å²) in [5.41, 5.74) is 1.88. The number of ether oxygens (including phenoxy) is 1. The molecule has 19 heavy (non-hydrogen) atoms. The van der Waals surface area contributed by atoms with Crippen LogP contribution >= 0.6 is 23.4 Å². The Kier molecular flexibility index (Phi) is 4.50. The minimum absolute atomic E-state index is 0.242. The smallest absolute Gasteiger partial charge is 0.316 e. The maximum atomic E-state index is 11.2. The van der Waals surface area contributed by atoms with Crippen LogP contribution in [0.5, 0.6) is 0 Å². The second-order valence-electron chi connectivity index (χ2n) is 3.90. The highest BCUT2D eigenvalue weighted by molar-refractivity contribution is 7.99. The summed E-state index contributed by atoms with van der Waals surface area (Å²) in [5.74, 6) is -0.0289. The first-order chi connectivity index (χ1) is 9.11. The SMILES string of the molecule is COC(=O)CSc1ccnn1-c1ccc(C)cc1Cl. The highest BCUT2D eigenvalue weighted by Gasteiger charge is 2.11. The molecule has 100 valence electrons. The number of nitrogens with zero attached hydrogens (tertiary/aromatic N) is 2. The van der Waals surface area contributed by atoms with E-state index in [4.69, 9.17) is 11.6 Å². The fourth-order valence-electron chi connectivity index (χ4n) is 1.56. The van der Waals surface area contributed by atoms with Gasteiger partial charge in [-0.3, -0.25) is 4.79 Å². The van der Waals surface area contributed by atoms with Crippen LogP contribution in [0.4, 0.5) is 0 Å². The Morgan fingerprint density at radius 2 is 2.26 bits per heavy atom. The first-order valence-electron chi connectivity index (χ1n) is 5.62. The van der Waals surface area contributed by atoms with Crippen molar-refractivity contribution in [3.05, 3.63) is 41.0 Å². The molecule has 0 N–H and O–H groups in total. The van der Waals surface area contributed by atoms with Gasteiger partial charge >= 0.3 is 5.97 Å². The first-order valence-corrected chi connectivity index (χ1v) is 6.98. The van der Waals surface area contributed by atoms with Gasteiger partial charge in [0, 0.05) is 0 Å². The van der Waals surface area contributed by atoms with Gasteiger partial charge in [-0.15, -0.1) is 0 Å². The zero-order valence-corrected chi connectivity index (χ0v) is 12.2. The summed E-state index contributed by atoms with van der Waals surface area (Å²) in [7, 11) is 1.37. The van der Waals surface area contributed by atoms with Gasteiger partial charge < -0.3 is 4.74 Å². The quantitative estimate of drug-likeness (QED) is 0.642. The second-order valence-corrected chi connectivity index (χ2v) is 5.30. The van der Waals surface area contributed by atoms with Crippen LogP contribution in [0.3, 0.4) is 0 Å². The van der Waals surface area contributed by atoms with Crippen molar-refractivity contribution >= 4 is 29.3 Å². The molecule has 0 radical (unpaired) electrons. The number of methoxy groups -OCH3 is 1. The topological polar surface area (TPSA) is 44.1 Å². The molecule has 1 heterocycles. The first kappa shape index (κ1) is 14.0. The van der Waals surface area contributed by atoms with Crippen LogP contribution in [0.25, 0.3) is 5.69 Å². The van der Waals surface area contributed by atoms with Crippen molar-refractivity contribution in [3.8, 4) is 5.69 Å². The van der Waals surface area contributed by atoms with Crippen LogP contribution in [0.2, 0.25) is 5.02 Å². The molecule has 0 aliphatic heterocycles. The number of hydrogen-bond acceptors (Lipinski definition) is 4. The van der Waals surface area contributed by atoms with E-state index in [1.54, 1.807) is 10.9 Å². The van der Waals surface area contributed by atoms with Crippen LogP contribution in [0.1, 0.15) is 5.56 Å². The summed E-state index contributed by atoms with van der Waals surface area (Å²) in [4.78, 5) is 11.2. The standard InChI is InChI=1S/C13H13ClN2O2S/c1-9-3-4-11(10(14)7-9)16-12(5-6-15-16)19-8-13(17)18-2/h3-7H,8H2,1-2H3. The number of aryl methyl sites for hydroxylation is 1. The summed E-state index contributed by atoms with van der Waals surface area (Å²) >= 11 is 7.58. The third-order valence-corrected chi connectivity index (χ3v) is 3.79. The van der Waals surface area contributed by atoms with Gasteiger partial charge in [0.05, 0.1) is 29.8 Å². The molecule has 0 bridgehead atoms. The Bertz CT molecular complexity index is 598. The largest absolute Gasteiger partial charge is 0.468 e. The van der Waals surface area contributed by atoms with Crippen LogP contribution in [0, 0.1) is 6.92 Å². The van der Waals surface area contributed by atoms with E-state index in [-0.39, 0.29) is 11.7 Å². The van der Waals surface area contributed by atoms with Crippen molar-refractivity contribution in [2.45, 2.75) is 11.9 Å². The minimum atomic E-state index is -0.271. The molecular weight excluding hydrogens is 284 g/mol. The summed E-state index contributed by atoms with van der Waals surface area (Å²) in [6.45, 7) is 1.98. The van der Waals surface area contributed by atoms with E-state index in [0.29, 0.717) is 5.02 Å². The van der Waals surface area contributed by atoms with E-state index in [1.807, 2.05) is 31.2 Å². The van der Waals surface area contributed by atoms with E-state index < -0.39 is 0 Å². The Balaban J connectivity index is 2.26. The monoisotopic (exact) mass is 296 g/mol. The Morgan fingerprint density at radius 3 is 2.95 bits per heavy atom. The van der Waals surface area contributed by atoms with Crippen molar-refractivity contribution in [3.63, 3.8) is 0 Å². The predicted molar refractivity (Wildman–Crippen MR) is 76.1 cm³/mol. The van der Waals surface area contributed by atoms with Gasteiger partial charge in [-0.1, -0.05) is 29.4 Å². The highest BCUT2D eigenvalue weighted by atomic mass is 35.5. The van der Waals surface area contributed by atoms with Crippen molar-refractivity contribution in [1.82, 2.24) is 9.78 Å². The van der Waals surface area contributed by atoms with E-state index in [0.717, 1.165) is 16.3 Å². The van der Waals surface area contributed by atoms with Crippen molar-refractivity contribution in [2.24, 2.45) is 0 Å². The number of thioether (sulfide) groups is 1. The van der Waals surface area contributed by atoms with Crippen molar-refractivity contribution in [2.75, 3.05) is 12.9 Å². The van der Waals surface area contributed by atoms with Crippen LogP contribution in [0.15, 0.2) is 35.5 Å². The third-order valence-electron chi connectivity index (χ3n) is 2.50. The summed E-state index contributed by atoms with van der Waals surface area (Å²) < 4.78 is 6.34. The lowest BCUT2D eigenvalue weighted by atomic mass is 10.2.